The Morgan fingerprint density at radius 2 is 1.56 bits per heavy atom. The number of carbonyl (C=O) groups excluding carboxylic acids is 1. The Bertz CT molecular complexity index is 1170. The Kier molecular flexibility index (Phi) is 7.33. The molecule has 7 heteroatoms. The van der Waals surface area contributed by atoms with E-state index in [1.54, 1.807) is 12.1 Å². The number of anilines is 1. The van der Waals surface area contributed by atoms with Crippen molar-refractivity contribution in [2.24, 2.45) is 0 Å². The van der Waals surface area contributed by atoms with E-state index in [2.05, 4.69) is 10.0 Å². The van der Waals surface area contributed by atoms with Crippen LogP contribution in [0.2, 0.25) is 0 Å². The molecule has 0 aliphatic heterocycles. The molecule has 168 valence electrons. The lowest BCUT2D eigenvalue weighted by Crippen LogP contribution is -2.35. The highest BCUT2D eigenvalue weighted by atomic mass is 32.2. The Hall–Kier alpha value is -3.16. The van der Waals surface area contributed by atoms with Gasteiger partial charge in [-0.2, -0.15) is 0 Å². The summed E-state index contributed by atoms with van der Waals surface area (Å²) in [5.41, 5.74) is 4.00. The molecule has 0 aliphatic rings. The summed E-state index contributed by atoms with van der Waals surface area (Å²) in [5, 5.41) is 3.04. The second kappa shape index (κ2) is 9.97. The summed E-state index contributed by atoms with van der Waals surface area (Å²) in [6, 6.07) is 20.9. The number of hydrogen-bond acceptors (Lipinski definition) is 4. The van der Waals surface area contributed by atoms with E-state index in [0.29, 0.717) is 17.8 Å². The van der Waals surface area contributed by atoms with Gasteiger partial charge in [0.1, 0.15) is 0 Å². The number of hydrogen-bond donors (Lipinski definition) is 2. The number of carbonyl (C=O) groups is 1. The quantitative estimate of drug-likeness (QED) is 0.540. The van der Waals surface area contributed by atoms with Crippen molar-refractivity contribution in [3.63, 3.8) is 0 Å². The first kappa shape index (κ1) is 23.5. The predicted molar refractivity (Wildman–Crippen MR) is 128 cm³/mol. The molecule has 3 aromatic rings. The van der Waals surface area contributed by atoms with E-state index < -0.39 is 10.0 Å². The third kappa shape index (κ3) is 5.96. The van der Waals surface area contributed by atoms with Crippen LogP contribution in [0.25, 0.3) is 0 Å². The molecule has 0 radical (unpaired) electrons. The van der Waals surface area contributed by atoms with Crippen molar-refractivity contribution < 1.29 is 13.2 Å². The molecule has 3 aromatic carbocycles. The highest BCUT2D eigenvalue weighted by molar-refractivity contribution is 7.92. The molecule has 3 rings (SSSR count). The minimum Gasteiger partial charge on any atom is -0.344 e. The fourth-order valence-electron chi connectivity index (χ4n) is 3.33. The van der Waals surface area contributed by atoms with Crippen molar-refractivity contribution in [2.45, 2.75) is 24.8 Å². The van der Waals surface area contributed by atoms with Crippen LogP contribution in [0.15, 0.2) is 77.7 Å². The van der Waals surface area contributed by atoms with E-state index in [4.69, 9.17) is 0 Å². The van der Waals surface area contributed by atoms with E-state index in [1.165, 1.54) is 24.3 Å². The number of likely N-dealkylation sites (N-methyl/N-ethyl adjacent to an activating group) is 1. The molecule has 0 bridgehead atoms. The topological polar surface area (TPSA) is 78.5 Å². The highest BCUT2D eigenvalue weighted by Crippen LogP contribution is 2.20. The van der Waals surface area contributed by atoms with Crippen molar-refractivity contribution in [2.75, 3.05) is 25.4 Å². The SMILES string of the molecule is Cc1ccc(NS(=O)(=O)c2ccc(C(=O)N[C@@H](CN(C)C)c3ccccc3)cc2)cc1C. The number of nitrogens with one attached hydrogen (secondary N) is 2. The molecular formula is C25H29N3O3S. The zero-order valence-electron chi connectivity index (χ0n) is 18.8. The third-order valence-electron chi connectivity index (χ3n) is 5.24. The summed E-state index contributed by atoms with van der Waals surface area (Å²) in [5.74, 6) is -0.258. The molecule has 0 saturated heterocycles. The maximum absolute atomic E-state index is 12.8. The number of amides is 1. The van der Waals surface area contributed by atoms with Gasteiger partial charge in [-0.1, -0.05) is 36.4 Å². The van der Waals surface area contributed by atoms with Gasteiger partial charge in [-0.15, -0.1) is 0 Å². The Morgan fingerprint density at radius 1 is 0.906 bits per heavy atom. The largest absolute Gasteiger partial charge is 0.344 e. The lowest BCUT2D eigenvalue weighted by Gasteiger charge is -2.23. The fourth-order valence-corrected chi connectivity index (χ4v) is 4.38. The van der Waals surface area contributed by atoms with Crippen LogP contribution >= 0.6 is 0 Å². The van der Waals surface area contributed by atoms with Crippen molar-refractivity contribution in [3.8, 4) is 0 Å². The standard InChI is InChI=1S/C25H29N3O3S/c1-18-10-13-22(16-19(18)2)27-32(30,31)23-14-11-21(12-15-23)25(29)26-24(17-28(3)4)20-8-6-5-7-9-20/h5-16,24,27H,17H2,1-4H3,(H,26,29)/t24-/m0/s1. The van der Waals surface area contributed by atoms with Crippen LogP contribution in [0.1, 0.15) is 33.1 Å². The summed E-state index contributed by atoms with van der Waals surface area (Å²) in [7, 11) is 0.142. The predicted octanol–water partition coefficient (Wildman–Crippen LogP) is 4.14. The molecule has 6 nitrogen and oxygen atoms in total. The van der Waals surface area contributed by atoms with Gasteiger partial charge in [0.25, 0.3) is 15.9 Å². The molecule has 0 spiro atoms. The molecule has 2 N–H and O–H groups in total. The van der Waals surface area contributed by atoms with E-state index in [9.17, 15) is 13.2 Å². The summed E-state index contributed by atoms with van der Waals surface area (Å²) >= 11 is 0. The fraction of sp³-hybridized carbons (Fsp3) is 0.240. The molecule has 0 aliphatic carbocycles. The number of aryl methyl sites for hydroxylation is 2. The molecule has 0 aromatic heterocycles. The van der Waals surface area contributed by atoms with Gasteiger partial charge in [0.15, 0.2) is 0 Å². The van der Waals surface area contributed by atoms with E-state index in [0.717, 1.165) is 16.7 Å². The van der Waals surface area contributed by atoms with Crippen molar-refractivity contribution >= 4 is 21.6 Å². The normalized spacial score (nSPS) is 12.4. The van der Waals surface area contributed by atoms with Crippen LogP contribution < -0.4 is 10.0 Å². The lowest BCUT2D eigenvalue weighted by molar-refractivity contribution is 0.0930. The second-order valence-electron chi connectivity index (χ2n) is 8.13. The lowest BCUT2D eigenvalue weighted by atomic mass is 10.1. The van der Waals surface area contributed by atoms with Gasteiger partial charge < -0.3 is 10.2 Å². The van der Waals surface area contributed by atoms with Crippen molar-refractivity contribution in [1.29, 1.82) is 0 Å². The molecule has 1 atom stereocenters. The molecule has 0 fully saturated rings. The number of nitrogens with zero attached hydrogens (tertiary/aromatic N) is 1. The average Bonchev–Trinajstić information content (AvgIpc) is 2.76. The molecule has 0 heterocycles. The zero-order valence-corrected chi connectivity index (χ0v) is 19.6. The maximum atomic E-state index is 12.8. The number of sulfonamides is 1. The van der Waals surface area contributed by atoms with Gasteiger partial charge in [0.05, 0.1) is 10.9 Å². The summed E-state index contributed by atoms with van der Waals surface area (Å²) < 4.78 is 28.1. The first-order valence-electron chi connectivity index (χ1n) is 10.4. The monoisotopic (exact) mass is 451 g/mol. The molecular weight excluding hydrogens is 422 g/mol. The van der Waals surface area contributed by atoms with Gasteiger partial charge in [0, 0.05) is 17.8 Å². The van der Waals surface area contributed by atoms with Crippen LogP contribution in [0.3, 0.4) is 0 Å². The van der Waals surface area contributed by atoms with Crippen molar-refractivity contribution in [3.05, 3.63) is 95.1 Å². The Labute approximate surface area is 190 Å². The smallest absolute Gasteiger partial charge is 0.261 e. The van der Waals surface area contributed by atoms with E-state index in [-0.39, 0.29) is 16.8 Å². The zero-order chi connectivity index (χ0) is 23.3. The third-order valence-corrected chi connectivity index (χ3v) is 6.64. The van der Waals surface area contributed by atoms with Crippen LogP contribution in [-0.4, -0.2) is 39.9 Å². The summed E-state index contributed by atoms with van der Waals surface area (Å²) in [4.78, 5) is 14.9. The molecule has 0 saturated carbocycles. The first-order chi connectivity index (χ1) is 15.2. The molecule has 1 amide bonds. The summed E-state index contributed by atoms with van der Waals surface area (Å²) in [6.07, 6.45) is 0. The van der Waals surface area contributed by atoms with Crippen LogP contribution in [0, 0.1) is 13.8 Å². The van der Waals surface area contributed by atoms with E-state index >= 15 is 0 Å². The summed E-state index contributed by atoms with van der Waals surface area (Å²) in [6.45, 7) is 4.54. The first-order valence-corrected chi connectivity index (χ1v) is 11.8. The van der Waals surface area contributed by atoms with Crippen LogP contribution in [0.4, 0.5) is 5.69 Å². The Balaban J connectivity index is 1.74. The Morgan fingerprint density at radius 3 is 2.16 bits per heavy atom. The van der Waals surface area contributed by atoms with E-state index in [1.807, 2.05) is 69.2 Å². The van der Waals surface area contributed by atoms with Gasteiger partial charge >= 0.3 is 0 Å². The van der Waals surface area contributed by atoms with Crippen LogP contribution in [0.5, 0.6) is 0 Å². The second-order valence-corrected chi connectivity index (χ2v) is 9.81. The van der Waals surface area contributed by atoms with Gasteiger partial charge in [0.2, 0.25) is 0 Å². The van der Waals surface area contributed by atoms with Crippen molar-refractivity contribution in [1.82, 2.24) is 10.2 Å². The average molecular weight is 452 g/mol. The number of benzene rings is 3. The molecule has 0 unspecified atom stereocenters. The van der Waals surface area contributed by atoms with Gasteiger partial charge in [-0.25, -0.2) is 8.42 Å². The highest BCUT2D eigenvalue weighted by Gasteiger charge is 2.19. The van der Waals surface area contributed by atoms with Crippen LogP contribution in [-0.2, 0) is 10.0 Å². The maximum Gasteiger partial charge on any atom is 0.261 e. The number of rotatable bonds is 8. The van der Waals surface area contributed by atoms with Gasteiger partial charge in [-0.05, 0) is 81.0 Å². The van der Waals surface area contributed by atoms with Gasteiger partial charge in [-0.3, -0.25) is 9.52 Å². The minimum absolute atomic E-state index is 0.0974. The molecule has 32 heavy (non-hydrogen) atoms. The minimum atomic E-state index is -3.76.